The summed E-state index contributed by atoms with van der Waals surface area (Å²) in [5, 5.41) is 0. The molecule has 0 spiro atoms. The topological polar surface area (TPSA) is 25.2 Å². The van der Waals surface area contributed by atoms with Crippen LogP contribution in [0.25, 0.3) is 0 Å². The van der Waals surface area contributed by atoms with E-state index in [1.54, 1.807) is 0 Å². The van der Waals surface area contributed by atoms with Gasteiger partial charge in [0.1, 0.15) is 5.69 Å². The van der Waals surface area contributed by atoms with Crippen LogP contribution in [-0.4, -0.2) is 40.0 Å². The molecule has 1 aliphatic carbocycles. The average molecular weight is 329 g/mol. The molecule has 5 heteroatoms. The molecule has 18 heavy (non-hydrogen) atoms. The van der Waals surface area contributed by atoms with Gasteiger partial charge in [0.25, 0.3) is 5.91 Å². The molecule has 2 aliphatic rings. The van der Waals surface area contributed by atoms with E-state index in [1.807, 2.05) is 36.0 Å². The van der Waals surface area contributed by atoms with Gasteiger partial charge in [-0.1, -0.05) is 0 Å². The summed E-state index contributed by atoms with van der Waals surface area (Å²) in [7, 11) is 1.94. The lowest BCUT2D eigenvalue weighted by Crippen LogP contribution is -2.37. The zero-order chi connectivity index (χ0) is 12.7. The molecular weight excluding hydrogens is 312 g/mol. The van der Waals surface area contributed by atoms with Crippen molar-refractivity contribution in [1.29, 1.82) is 0 Å². The first kappa shape index (κ1) is 12.6. The molecule has 3 nitrogen and oxygen atoms in total. The van der Waals surface area contributed by atoms with Crippen LogP contribution in [-0.2, 0) is 0 Å². The molecule has 3 rings (SSSR count). The molecule has 0 N–H and O–H groups in total. The second-order valence-electron chi connectivity index (χ2n) is 5.12. The predicted octanol–water partition coefficient (Wildman–Crippen LogP) is 3.16. The molecule has 1 aromatic rings. The summed E-state index contributed by atoms with van der Waals surface area (Å²) < 4.78 is 3.15. The Hall–Kier alpha value is -0.420. The maximum absolute atomic E-state index is 12.6. The van der Waals surface area contributed by atoms with Gasteiger partial charge in [-0.3, -0.25) is 4.79 Å². The lowest BCUT2D eigenvalue weighted by Gasteiger charge is -2.24. The van der Waals surface area contributed by atoms with E-state index in [9.17, 15) is 4.79 Å². The Kier molecular flexibility index (Phi) is 3.45. The zero-order valence-electron chi connectivity index (χ0n) is 10.4. The highest BCUT2D eigenvalue weighted by atomic mass is 79.9. The number of nitrogens with zero attached hydrogens (tertiary/aromatic N) is 2. The molecule has 1 unspecified atom stereocenters. The van der Waals surface area contributed by atoms with Gasteiger partial charge in [0.15, 0.2) is 0 Å². The second-order valence-corrected chi connectivity index (χ2v) is 7.18. The van der Waals surface area contributed by atoms with Gasteiger partial charge >= 0.3 is 0 Å². The quantitative estimate of drug-likeness (QED) is 0.851. The maximum Gasteiger partial charge on any atom is 0.270 e. The summed E-state index contributed by atoms with van der Waals surface area (Å²) in [6, 6.07) is 2.91. The van der Waals surface area contributed by atoms with Crippen molar-refractivity contribution in [3.05, 3.63) is 22.4 Å². The normalized spacial score (nSPS) is 23.3. The smallest absolute Gasteiger partial charge is 0.270 e. The van der Waals surface area contributed by atoms with E-state index in [4.69, 9.17) is 0 Å². The van der Waals surface area contributed by atoms with Gasteiger partial charge in [-0.15, -0.1) is 0 Å². The molecule has 1 amide bonds. The van der Waals surface area contributed by atoms with Gasteiger partial charge < -0.3 is 9.47 Å². The van der Waals surface area contributed by atoms with E-state index in [1.165, 1.54) is 18.6 Å². The number of hydrogen-bond acceptors (Lipinski definition) is 2. The fraction of sp³-hybridized carbons (Fsp3) is 0.615. The highest BCUT2D eigenvalue weighted by molar-refractivity contribution is 9.10. The van der Waals surface area contributed by atoms with E-state index in [0.29, 0.717) is 12.1 Å². The van der Waals surface area contributed by atoms with Gasteiger partial charge in [0.05, 0.1) is 0 Å². The minimum atomic E-state index is 0.167. The van der Waals surface area contributed by atoms with Gasteiger partial charge in [-0.05, 0) is 47.0 Å². The fourth-order valence-corrected chi connectivity index (χ4v) is 4.15. The highest BCUT2D eigenvalue weighted by Crippen LogP contribution is 2.38. The Labute approximate surface area is 120 Å². The van der Waals surface area contributed by atoms with E-state index < -0.39 is 0 Å². The number of thioether (sulfide) groups is 1. The van der Waals surface area contributed by atoms with Crippen molar-refractivity contribution in [1.82, 2.24) is 9.47 Å². The number of carbonyl (C=O) groups is 1. The maximum atomic E-state index is 12.6. The van der Waals surface area contributed by atoms with Crippen LogP contribution in [0, 0.1) is 0 Å². The van der Waals surface area contributed by atoms with Crippen LogP contribution < -0.4 is 0 Å². The number of rotatable bonds is 3. The van der Waals surface area contributed by atoms with Crippen LogP contribution in [0.2, 0.25) is 0 Å². The largest absolute Gasteiger partial charge is 0.339 e. The molecular formula is C13H17BrN2OS. The zero-order valence-corrected chi connectivity index (χ0v) is 12.8. The van der Waals surface area contributed by atoms with E-state index in [-0.39, 0.29) is 5.91 Å². The summed E-state index contributed by atoms with van der Waals surface area (Å²) in [6.45, 7) is 0. The summed E-state index contributed by atoms with van der Waals surface area (Å²) in [5.41, 5.74) is 0.837. The number of aromatic nitrogens is 1. The molecule has 1 aromatic heterocycles. The molecule has 2 fully saturated rings. The van der Waals surface area contributed by atoms with Crippen molar-refractivity contribution in [2.75, 3.05) is 18.6 Å². The molecule has 2 heterocycles. The van der Waals surface area contributed by atoms with Crippen LogP contribution in [0.1, 0.15) is 35.8 Å². The Morgan fingerprint density at radius 2 is 2.28 bits per heavy atom. The van der Waals surface area contributed by atoms with Crippen LogP contribution in [0.15, 0.2) is 16.7 Å². The standard InChI is InChI=1S/C13H17BrN2OS/c1-15(11-4-5-18-8-11)13(17)12-6-9(14)7-16(12)10-2-3-10/h6-7,10-11H,2-5,8H2,1H3. The summed E-state index contributed by atoms with van der Waals surface area (Å²) in [6.07, 6.45) is 5.56. The molecule has 0 bridgehead atoms. The fourth-order valence-electron chi connectivity index (χ4n) is 2.45. The van der Waals surface area contributed by atoms with E-state index in [0.717, 1.165) is 22.3 Å². The molecule has 1 aliphatic heterocycles. The van der Waals surface area contributed by atoms with Gasteiger partial charge in [0.2, 0.25) is 0 Å². The molecule has 0 radical (unpaired) electrons. The van der Waals surface area contributed by atoms with Gasteiger partial charge in [0, 0.05) is 35.6 Å². The van der Waals surface area contributed by atoms with Crippen LogP contribution in [0.5, 0.6) is 0 Å². The number of halogens is 1. The molecule has 1 saturated heterocycles. The van der Waals surface area contributed by atoms with Crippen LogP contribution in [0.4, 0.5) is 0 Å². The van der Waals surface area contributed by atoms with Crippen molar-refractivity contribution < 1.29 is 4.79 Å². The minimum Gasteiger partial charge on any atom is -0.339 e. The lowest BCUT2D eigenvalue weighted by atomic mass is 10.2. The number of amides is 1. The Balaban J connectivity index is 1.82. The molecule has 1 saturated carbocycles. The summed E-state index contributed by atoms with van der Waals surface area (Å²) >= 11 is 5.43. The van der Waals surface area contributed by atoms with Crippen molar-refractivity contribution in [3.8, 4) is 0 Å². The van der Waals surface area contributed by atoms with Crippen molar-refractivity contribution in [3.63, 3.8) is 0 Å². The van der Waals surface area contributed by atoms with Crippen molar-refractivity contribution >= 4 is 33.6 Å². The third kappa shape index (κ3) is 2.35. The monoisotopic (exact) mass is 328 g/mol. The molecule has 1 atom stereocenters. The van der Waals surface area contributed by atoms with E-state index in [2.05, 4.69) is 20.5 Å². The third-order valence-electron chi connectivity index (χ3n) is 3.75. The van der Waals surface area contributed by atoms with Crippen LogP contribution in [0.3, 0.4) is 0 Å². The third-order valence-corrected chi connectivity index (χ3v) is 5.33. The lowest BCUT2D eigenvalue weighted by molar-refractivity contribution is 0.0736. The second kappa shape index (κ2) is 4.93. The first-order valence-corrected chi connectivity index (χ1v) is 8.34. The summed E-state index contributed by atoms with van der Waals surface area (Å²) in [4.78, 5) is 14.5. The number of hydrogen-bond donors (Lipinski definition) is 0. The first-order chi connectivity index (χ1) is 8.66. The predicted molar refractivity (Wildman–Crippen MR) is 78.2 cm³/mol. The van der Waals surface area contributed by atoms with Crippen molar-refractivity contribution in [2.45, 2.75) is 31.3 Å². The Morgan fingerprint density at radius 3 is 2.89 bits per heavy atom. The number of carbonyl (C=O) groups excluding carboxylic acids is 1. The van der Waals surface area contributed by atoms with E-state index >= 15 is 0 Å². The van der Waals surface area contributed by atoms with Crippen molar-refractivity contribution in [2.24, 2.45) is 0 Å². The summed E-state index contributed by atoms with van der Waals surface area (Å²) in [5.74, 6) is 2.42. The Morgan fingerprint density at radius 1 is 1.50 bits per heavy atom. The van der Waals surface area contributed by atoms with Gasteiger partial charge in [-0.2, -0.15) is 11.8 Å². The highest BCUT2D eigenvalue weighted by Gasteiger charge is 2.31. The average Bonchev–Trinajstić information content (AvgIpc) is 2.91. The van der Waals surface area contributed by atoms with Gasteiger partial charge in [-0.25, -0.2) is 0 Å². The first-order valence-electron chi connectivity index (χ1n) is 6.39. The minimum absolute atomic E-state index is 0.167. The molecule has 0 aromatic carbocycles. The Bertz CT molecular complexity index is 464. The molecule has 98 valence electrons. The van der Waals surface area contributed by atoms with Crippen LogP contribution >= 0.6 is 27.7 Å². The SMILES string of the molecule is CN(C(=O)c1cc(Br)cn1C1CC1)C1CCSC1.